The van der Waals surface area contributed by atoms with Crippen LogP contribution in [-0.2, 0) is 7.05 Å². The van der Waals surface area contributed by atoms with Crippen LogP contribution in [0, 0.1) is 15.9 Å². The first-order valence-corrected chi connectivity index (χ1v) is 7.41. The van der Waals surface area contributed by atoms with Crippen molar-refractivity contribution >= 4 is 28.5 Å². The average Bonchev–Trinajstić information content (AvgIpc) is 3.15. The number of nitrogens with zero attached hydrogens (tertiary/aromatic N) is 6. The number of halogens is 1. The molecule has 0 aliphatic carbocycles. The van der Waals surface area contributed by atoms with Gasteiger partial charge in [-0.2, -0.15) is 5.10 Å². The number of rotatable bonds is 5. The van der Waals surface area contributed by atoms with Crippen LogP contribution in [-0.4, -0.2) is 30.9 Å². The van der Waals surface area contributed by atoms with Crippen molar-refractivity contribution in [1.29, 1.82) is 0 Å². The normalized spacial score (nSPS) is 11.1. The first-order chi connectivity index (χ1) is 11.5. The second-order valence-electron chi connectivity index (χ2n) is 4.59. The fraction of sp³-hybridized carbons (Fsp3) is 0.0769. The van der Waals surface area contributed by atoms with Crippen LogP contribution in [0.1, 0.15) is 5.56 Å². The lowest BCUT2D eigenvalue weighted by atomic mass is 10.2. The van der Waals surface area contributed by atoms with Crippen molar-refractivity contribution in [3.05, 3.63) is 52.0 Å². The van der Waals surface area contributed by atoms with Crippen molar-refractivity contribution in [2.75, 3.05) is 5.43 Å². The van der Waals surface area contributed by atoms with E-state index in [2.05, 4.69) is 25.7 Å². The number of anilines is 1. The van der Waals surface area contributed by atoms with Gasteiger partial charge in [0.15, 0.2) is 0 Å². The Morgan fingerprint density at radius 2 is 2.12 bits per heavy atom. The maximum Gasteiger partial charge on any atom is 0.342 e. The molecule has 0 fully saturated rings. The molecule has 9 nitrogen and oxygen atoms in total. The minimum absolute atomic E-state index is 0.135. The molecule has 2 heterocycles. The highest BCUT2D eigenvalue weighted by molar-refractivity contribution is 7.18. The number of nitrogens with one attached hydrogen (secondary N) is 1. The van der Waals surface area contributed by atoms with E-state index in [0.717, 1.165) is 17.5 Å². The molecule has 0 unspecified atom stereocenters. The lowest BCUT2D eigenvalue weighted by molar-refractivity contribution is -0.391. The van der Waals surface area contributed by atoms with Crippen molar-refractivity contribution in [2.45, 2.75) is 0 Å². The fourth-order valence-electron chi connectivity index (χ4n) is 1.84. The molecule has 0 spiro atoms. The van der Waals surface area contributed by atoms with E-state index in [1.165, 1.54) is 30.0 Å². The molecule has 3 aromatic rings. The van der Waals surface area contributed by atoms with Gasteiger partial charge in [-0.3, -0.25) is 5.43 Å². The van der Waals surface area contributed by atoms with Gasteiger partial charge in [-0.25, -0.2) is 13.9 Å². The summed E-state index contributed by atoms with van der Waals surface area (Å²) < 4.78 is 14.1. The molecule has 11 heteroatoms. The molecular weight excluding hydrogens is 337 g/mol. The van der Waals surface area contributed by atoms with Gasteiger partial charge in [-0.05, 0) is 22.6 Å². The summed E-state index contributed by atoms with van der Waals surface area (Å²) in [4.78, 5) is 14.3. The van der Waals surface area contributed by atoms with E-state index < -0.39 is 4.92 Å². The van der Waals surface area contributed by atoms with E-state index in [9.17, 15) is 14.5 Å². The number of benzene rings is 1. The molecule has 0 aliphatic rings. The van der Waals surface area contributed by atoms with Crippen LogP contribution in [0.5, 0.6) is 0 Å². The third-order valence-electron chi connectivity index (χ3n) is 3.01. The van der Waals surface area contributed by atoms with Gasteiger partial charge < -0.3 is 10.1 Å². The SMILES string of the molecule is Cn1c([N+](=O)[O-])cnc1-c1nnc(N/N=C/c2ccc(F)cc2)s1. The van der Waals surface area contributed by atoms with Gasteiger partial charge in [0.25, 0.3) is 5.82 Å². The van der Waals surface area contributed by atoms with Gasteiger partial charge in [-0.1, -0.05) is 23.5 Å². The largest absolute Gasteiger partial charge is 0.358 e. The molecule has 0 saturated carbocycles. The summed E-state index contributed by atoms with van der Waals surface area (Å²) in [6, 6.07) is 5.83. The predicted octanol–water partition coefficient (Wildman–Crippen LogP) is 2.43. The van der Waals surface area contributed by atoms with Crippen LogP contribution in [0.25, 0.3) is 10.8 Å². The summed E-state index contributed by atoms with van der Waals surface area (Å²) >= 11 is 1.15. The molecule has 122 valence electrons. The van der Waals surface area contributed by atoms with E-state index in [4.69, 9.17) is 0 Å². The molecule has 0 radical (unpaired) electrons. The molecule has 0 aliphatic heterocycles. The molecule has 24 heavy (non-hydrogen) atoms. The van der Waals surface area contributed by atoms with Crippen LogP contribution in [0.2, 0.25) is 0 Å². The topological polar surface area (TPSA) is 111 Å². The molecule has 0 atom stereocenters. The lowest BCUT2D eigenvalue weighted by Crippen LogP contribution is -1.98. The fourth-order valence-corrected chi connectivity index (χ4v) is 2.56. The third-order valence-corrected chi connectivity index (χ3v) is 3.83. The minimum atomic E-state index is -0.524. The predicted molar refractivity (Wildman–Crippen MR) is 86.4 cm³/mol. The van der Waals surface area contributed by atoms with Crippen molar-refractivity contribution in [3.8, 4) is 10.8 Å². The summed E-state index contributed by atoms with van der Waals surface area (Å²) in [7, 11) is 1.53. The second-order valence-corrected chi connectivity index (χ2v) is 5.57. The monoisotopic (exact) mass is 347 g/mol. The zero-order chi connectivity index (χ0) is 17.1. The van der Waals surface area contributed by atoms with Gasteiger partial charge in [0.05, 0.1) is 13.3 Å². The molecule has 1 aromatic carbocycles. The Labute approximate surface area is 138 Å². The second kappa shape index (κ2) is 6.50. The number of hydrogen-bond donors (Lipinski definition) is 1. The van der Waals surface area contributed by atoms with Gasteiger partial charge in [0.1, 0.15) is 12.0 Å². The van der Waals surface area contributed by atoms with Crippen molar-refractivity contribution in [2.24, 2.45) is 12.1 Å². The number of aromatic nitrogens is 4. The van der Waals surface area contributed by atoms with Crippen LogP contribution in [0.3, 0.4) is 0 Å². The molecule has 1 N–H and O–H groups in total. The number of hydrazone groups is 1. The molecule has 0 amide bonds. The van der Waals surface area contributed by atoms with E-state index in [-0.39, 0.29) is 11.6 Å². The number of nitro groups is 1. The van der Waals surface area contributed by atoms with Gasteiger partial charge in [0, 0.05) is 0 Å². The zero-order valence-electron chi connectivity index (χ0n) is 12.3. The van der Waals surface area contributed by atoms with Gasteiger partial charge in [0.2, 0.25) is 10.1 Å². The van der Waals surface area contributed by atoms with E-state index in [1.54, 1.807) is 12.1 Å². The van der Waals surface area contributed by atoms with E-state index >= 15 is 0 Å². The van der Waals surface area contributed by atoms with Crippen LogP contribution in [0.4, 0.5) is 15.3 Å². The summed E-state index contributed by atoms with van der Waals surface area (Å²) in [5.41, 5.74) is 3.41. The van der Waals surface area contributed by atoms with Gasteiger partial charge >= 0.3 is 5.82 Å². The van der Waals surface area contributed by atoms with Crippen molar-refractivity contribution in [3.63, 3.8) is 0 Å². The third kappa shape index (κ3) is 3.25. The molecule has 0 saturated heterocycles. The molecule has 0 bridgehead atoms. The average molecular weight is 347 g/mol. The van der Waals surface area contributed by atoms with E-state index in [0.29, 0.717) is 21.5 Å². The molecular formula is C13H10FN7O2S. The summed E-state index contributed by atoms with van der Waals surface area (Å²) in [6.45, 7) is 0. The quantitative estimate of drug-likeness (QED) is 0.431. The van der Waals surface area contributed by atoms with Crippen LogP contribution < -0.4 is 5.43 Å². The Bertz CT molecular complexity index is 903. The standard InChI is InChI=1S/C13H10FN7O2S/c1-20-10(21(22)23)7-15-11(20)12-17-19-13(24-12)18-16-6-8-2-4-9(14)5-3-8/h2-7H,1H3,(H,18,19)/b16-6+. The molecule has 2 aromatic heterocycles. The first kappa shape index (κ1) is 15.7. The van der Waals surface area contributed by atoms with Crippen LogP contribution >= 0.6 is 11.3 Å². The smallest absolute Gasteiger partial charge is 0.342 e. The summed E-state index contributed by atoms with van der Waals surface area (Å²) in [5.74, 6) is -0.114. The Balaban J connectivity index is 1.72. The van der Waals surface area contributed by atoms with Crippen molar-refractivity contribution in [1.82, 2.24) is 19.7 Å². The highest BCUT2D eigenvalue weighted by atomic mass is 32.1. The highest BCUT2D eigenvalue weighted by Crippen LogP contribution is 2.27. The van der Waals surface area contributed by atoms with Crippen LogP contribution in [0.15, 0.2) is 35.6 Å². The maximum atomic E-state index is 12.8. The Kier molecular flexibility index (Phi) is 4.24. The zero-order valence-corrected chi connectivity index (χ0v) is 13.1. The maximum absolute atomic E-state index is 12.8. The minimum Gasteiger partial charge on any atom is -0.358 e. The Hall–Kier alpha value is -3.21. The Morgan fingerprint density at radius 3 is 2.79 bits per heavy atom. The Morgan fingerprint density at radius 1 is 1.38 bits per heavy atom. The summed E-state index contributed by atoms with van der Waals surface area (Å²) in [5, 5.41) is 23.5. The van der Waals surface area contributed by atoms with E-state index in [1.807, 2.05) is 0 Å². The lowest BCUT2D eigenvalue weighted by Gasteiger charge is -1.94. The number of hydrogen-bond acceptors (Lipinski definition) is 8. The number of imidazole rings is 1. The molecule has 3 rings (SSSR count). The van der Waals surface area contributed by atoms with Gasteiger partial charge in [-0.15, -0.1) is 10.2 Å². The summed E-state index contributed by atoms with van der Waals surface area (Å²) in [6.07, 6.45) is 2.67. The first-order valence-electron chi connectivity index (χ1n) is 6.59. The highest BCUT2D eigenvalue weighted by Gasteiger charge is 2.21. The van der Waals surface area contributed by atoms with Crippen molar-refractivity contribution < 1.29 is 9.31 Å².